The van der Waals surface area contributed by atoms with E-state index < -0.39 is 0 Å². The Morgan fingerprint density at radius 2 is 1.55 bits per heavy atom. The van der Waals surface area contributed by atoms with E-state index >= 15 is 0 Å². The van der Waals surface area contributed by atoms with Crippen LogP contribution in [-0.2, 0) is 11.2 Å². The number of pyridine rings is 1. The lowest BCUT2D eigenvalue weighted by molar-refractivity contribution is -0.132. The second kappa shape index (κ2) is 7.78. The third kappa shape index (κ3) is 3.55. The maximum Gasteiger partial charge on any atom is 0.241 e. The molecule has 5 rings (SSSR count). The van der Waals surface area contributed by atoms with Crippen LogP contribution in [0.25, 0.3) is 0 Å². The van der Waals surface area contributed by atoms with Crippen molar-refractivity contribution in [3.8, 4) is 0 Å². The van der Waals surface area contributed by atoms with Crippen LogP contribution in [0.1, 0.15) is 28.8 Å². The molecule has 3 heterocycles. The Bertz CT molecular complexity index is 964. The van der Waals surface area contributed by atoms with Gasteiger partial charge in [-0.05, 0) is 35.2 Å². The Morgan fingerprint density at radius 1 is 0.862 bits per heavy atom. The average molecular weight is 384 g/mol. The zero-order valence-electron chi connectivity index (χ0n) is 16.1. The number of amides is 1. The first kappa shape index (κ1) is 18.0. The highest BCUT2D eigenvalue weighted by Gasteiger charge is 2.47. The molecular formula is C24H24N4O. The van der Waals surface area contributed by atoms with Gasteiger partial charge in [0, 0.05) is 18.9 Å². The molecule has 1 aromatic heterocycles. The predicted molar refractivity (Wildman–Crippen MR) is 112 cm³/mol. The summed E-state index contributed by atoms with van der Waals surface area (Å²) in [4.78, 5) is 19.5. The molecule has 2 saturated heterocycles. The number of hydrogen-bond donors (Lipinski definition) is 2. The summed E-state index contributed by atoms with van der Waals surface area (Å²) in [5.74, 6) is 0.181. The van der Waals surface area contributed by atoms with Crippen molar-refractivity contribution >= 4 is 5.91 Å². The van der Waals surface area contributed by atoms with Crippen LogP contribution >= 0.6 is 0 Å². The number of nitrogens with one attached hydrogen (secondary N) is 2. The largest absolute Gasteiger partial charge is 0.322 e. The number of piperazine rings is 1. The molecule has 5 heteroatoms. The molecule has 5 nitrogen and oxygen atoms in total. The highest BCUT2D eigenvalue weighted by molar-refractivity contribution is 5.85. The van der Waals surface area contributed by atoms with Gasteiger partial charge in [-0.3, -0.25) is 20.4 Å². The van der Waals surface area contributed by atoms with E-state index in [1.807, 2.05) is 65.8 Å². The monoisotopic (exact) mass is 384 g/mol. The third-order valence-corrected chi connectivity index (χ3v) is 5.91. The summed E-state index contributed by atoms with van der Waals surface area (Å²) in [6.07, 6.45) is 4.25. The summed E-state index contributed by atoms with van der Waals surface area (Å²) in [6, 6.07) is 24.5. The molecule has 29 heavy (non-hydrogen) atoms. The van der Waals surface area contributed by atoms with E-state index in [4.69, 9.17) is 0 Å². The van der Waals surface area contributed by atoms with Crippen molar-refractivity contribution in [1.82, 2.24) is 20.5 Å². The highest BCUT2D eigenvalue weighted by atomic mass is 16.2. The quantitative estimate of drug-likeness (QED) is 0.726. The lowest BCUT2D eigenvalue weighted by Gasteiger charge is -2.42. The van der Waals surface area contributed by atoms with Crippen LogP contribution in [0.2, 0.25) is 0 Å². The van der Waals surface area contributed by atoms with E-state index in [0.29, 0.717) is 13.0 Å². The summed E-state index contributed by atoms with van der Waals surface area (Å²) in [7, 11) is 0. The van der Waals surface area contributed by atoms with Crippen LogP contribution in [0.5, 0.6) is 0 Å². The molecule has 4 atom stereocenters. The van der Waals surface area contributed by atoms with Crippen molar-refractivity contribution in [2.45, 2.75) is 30.7 Å². The highest BCUT2D eigenvalue weighted by Crippen LogP contribution is 2.34. The second-order valence-corrected chi connectivity index (χ2v) is 7.73. The van der Waals surface area contributed by atoms with Gasteiger partial charge < -0.3 is 4.90 Å². The molecule has 2 aliphatic heterocycles. The van der Waals surface area contributed by atoms with Crippen LogP contribution in [0.4, 0.5) is 0 Å². The molecule has 0 saturated carbocycles. The Labute approximate surface area is 170 Å². The normalized spacial score (nSPS) is 26.3. The average Bonchev–Trinajstić information content (AvgIpc) is 3.10. The predicted octanol–water partition coefficient (Wildman–Crippen LogP) is 2.84. The fraction of sp³-hybridized carbons (Fsp3) is 0.250. The Morgan fingerprint density at radius 3 is 2.28 bits per heavy atom. The van der Waals surface area contributed by atoms with Gasteiger partial charge in [0.1, 0.15) is 6.17 Å². The number of rotatable bonds is 4. The molecule has 0 aliphatic carbocycles. The molecule has 2 aromatic carbocycles. The van der Waals surface area contributed by atoms with Gasteiger partial charge in [0.2, 0.25) is 5.91 Å². The van der Waals surface area contributed by atoms with Crippen molar-refractivity contribution in [3.05, 3.63) is 102 Å². The topological polar surface area (TPSA) is 57.3 Å². The zero-order valence-corrected chi connectivity index (χ0v) is 16.1. The van der Waals surface area contributed by atoms with Gasteiger partial charge in [-0.1, -0.05) is 60.7 Å². The van der Waals surface area contributed by atoms with Crippen molar-refractivity contribution in [3.63, 3.8) is 0 Å². The van der Waals surface area contributed by atoms with E-state index in [0.717, 1.165) is 5.56 Å². The smallest absolute Gasteiger partial charge is 0.241 e. The lowest BCUT2D eigenvalue weighted by atomic mass is 9.96. The minimum absolute atomic E-state index is 0.00156. The SMILES string of the molecule is O=C1C(Cc2ccccc2)NC2C(c3ccncc3)NC(c3ccccc3)CN12. The molecule has 2 fully saturated rings. The van der Waals surface area contributed by atoms with Gasteiger partial charge >= 0.3 is 0 Å². The summed E-state index contributed by atoms with van der Waals surface area (Å²) in [5, 5.41) is 7.38. The van der Waals surface area contributed by atoms with Crippen molar-refractivity contribution in [2.75, 3.05) is 6.54 Å². The van der Waals surface area contributed by atoms with Crippen LogP contribution in [-0.4, -0.2) is 34.5 Å². The number of fused-ring (bicyclic) bond motifs is 1. The van der Waals surface area contributed by atoms with Gasteiger partial charge in [-0.2, -0.15) is 0 Å². The first-order valence-electron chi connectivity index (χ1n) is 10.1. The van der Waals surface area contributed by atoms with Crippen LogP contribution in [0, 0.1) is 0 Å². The van der Waals surface area contributed by atoms with Gasteiger partial charge in [-0.25, -0.2) is 0 Å². The minimum atomic E-state index is -0.205. The number of hydrogen-bond acceptors (Lipinski definition) is 4. The molecule has 2 aliphatic rings. The van der Waals surface area contributed by atoms with Gasteiger partial charge in [0.25, 0.3) is 0 Å². The lowest BCUT2D eigenvalue weighted by Crippen LogP contribution is -2.55. The molecule has 2 N–H and O–H groups in total. The zero-order chi connectivity index (χ0) is 19.6. The fourth-order valence-corrected chi connectivity index (χ4v) is 4.47. The van der Waals surface area contributed by atoms with Crippen LogP contribution in [0.15, 0.2) is 85.2 Å². The Kier molecular flexibility index (Phi) is 4.84. The number of benzene rings is 2. The van der Waals surface area contributed by atoms with E-state index in [1.54, 1.807) is 0 Å². The molecule has 4 unspecified atom stereocenters. The molecule has 0 spiro atoms. The molecule has 3 aromatic rings. The summed E-state index contributed by atoms with van der Waals surface area (Å²) in [5.41, 5.74) is 3.51. The number of carbonyl (C=O) groups excluding carboxylic acids is 1. The maximum atomic E-state index is 13.3. The summed E-state index contributed by atoms with van der Waals surface area (Å²) in [6.45, 7) is 0.660. The van der Waals surface area contributed by atoms with Gasteiger partial charge in [-0.15, -0.1) is 0 Å². The van der Waals surface area contributed by atoms with E-state index in [1.165, 1.54) is 11.1 Å². The first-order chi connectivity index (χ1) is 14.3. The van der Waals surface area contributed by atoms with Crippen molar-refractivity contribution in [1.29, 1.82) is 0 Å². The molecular weight excluding hydrogens is 360 g/mol. The fourth-order valence-electron chi connectivity index (χ4n) is 4.47. The third-order valence-electron chi connectivity index (χ3n) is 5.91. The van der Waals surface area contributed by atoms with E-state index in [2.05, 4.69) is 39.9 Å². The Balaban J connectivity index is 1.45. The molecule has 1 amide bonds. The molecule has 146 valence electrons. The van der Waals surface area contributed by atoms with Gasteiger partial charge in [0.15, 0.2) is 0 Å². The van der Waals surface area contributed by atoms with E-state index in [-0.39, 0.29) is 30.2 Å². The molecule has 0 radical (unpaired) electrons. The standard InChI is InChI=1S/C24H24N4O/c29-24-20(15-17-7-3-1-4-8-17)27-23-22(19-11-13-25-14-12-19)26-21(16-28(23)24)18-9-5-2-6-10-18/h1-14,20-23,26-27H,15-16H2. The number of carbonyl (C=O) groups is 1. The molecule has 0 bridgehead atoms. The number of aromatic nitrogens is 1. The van der Waals surface area contributed by atoms with Crippen molar-refractivity contribution < 1.29 is 4.79 Å². The minimum Gasteiger partial charge on any atom is -0.322 e. The Hall–Kier alpha value is -3.02. The van der Waals surface area contributed by atoms with Gasteiger partial charge in [0.05, 0.1) is 18.1 Å². The maximum absolute atomic E-state index is 13.3. The van der Waals surface area contributed by atoms with Crippen molar-refractivity contribution in [2.24, 2.45) is 0 Å². The van der Waals surface area contributed by atoms with E-state index in [9.17, 15) is 4.79 Å². The van der Waals surface area contributed by atoms with Crippen LogP contribution < -0.4 is 10.6 Å². The summed E-state index contributed by atoms with van der Waals surface area (Å²) < 4.78 is 0. The summed E-state index contributed by atoms with van der Waals surface area (Å²) >= 11 is 0. The second-order valence-electron chi connectivity index (χ2n) is 7.73. The van der Waals surface area contributed by atoms with Crippen LogP contribution in [0.3, 0.4) is 0 Å². The first-order valence-corrected chi connectivity index (χ1v) is 10.1. The number of nitrogens with zero attached hydrogens (tertiary/aromatic N) is 2.